The van der Waals surface area contributed by atoms with Crippen LogP contribution in [0.5, 0.6) is 5.75 Å². The van der Waals surface area contributed by atoms with E-state index < -0.39 is 0 Å². The van der Waals surface area contributed by atoms with Crippen molar-refractivity contribution in [3.05, 3.63) is 59.6 Å². The summed E-state index contributed by atoms with van der Waals surface area (Å²) in [6.45, 7) is 3.66. The van der Waals surface area contributed by atoms with E-state index in [9.17, 15) is 0 Å². The van der Waals surface area contributed by atoms with E-state index in [1.165, 1.54) is 0 Å². The van der Waals surface area contributed by atoms with Crippen LogP contribution >= 0.6 is 11.6 Å². The fraction of sp³-hybridized carbons (Fsp3) is 0.286. The summed E-state index contributed by atoms with van der Waals surface area (Å²) in [7, 11) is 1.66. The first-order valence-electron chi connectivity index (χ1n) is 9.74. The normalized spacial score (nSPS) is 14.4. The van der Waals surface area contributed by atoms with Gasteiger partial charge in [0.15, 0.2) is 10.8 Å². The topological polar surface area (TPSA) is 69.7 Å². The van der Waals surface area contributed by atoms with Crippen molar-refractivity contribution in [1.82, 2.24) is 24.4 Å². The van der Waals surface area contributed by atoms with Gasteiger partial charge in [0, 0.05) is 30.9 Å². The highest BCUT2D eigenvalue weighted by Gasteiger charge is 2.18. The third kappa shape index (κ3) is 3.71. The fourth-order valence-corrected chi connectivity index (χ4v) is 3.79. The van der Waals surface area contributed by atoms with Gasteiger partial charge in [0.1, 0.15) is 5.75 Å². The third-order valence-corrected chi connectivity index (χ3v) is 5.35. The Morgan fingerprint density at radius 3 is 2.70 bits per heavy atom. The standard InChI is InChI=1S/C21H21ClN6O2/c1-29-17-4-2-15(3-5-17)12-27-13-16(11-23-27)18-14-28-21(24-18)19(10-20(22)25-28)26-6-8-30-9-7-26/h2-5,10-11,13-14H,6-9,12H2,1H3. The largest absolute Gasteiger partial charge is 0.497 e. The van der Waals surface area contributed by atoms with Crippen molar-refractivity contribution in [2.24, 2.45) is 0 Å². The zero-order chi connectivity index (χ0) is 20.5. The van der Waals surface area contributed by atoms with Crippen LogP contribution in [0.25, 0.3) is 16.9 Å². The highest BCUT2D eigenvalue weighted by molar-refractivity contribution is 6.29. The number of nitrogens with zero attached hydrogens (tertiary/aromatic N) is 6. The quantitative estimate of drug-likeness (QED) is 0.490. The Morgan fingerprint density at radius 2 is 1.93 bits per heavy atom. The van der Waals surface area contributed by atoms with Gasteiger partial charge in [-0.3, -0.25) is 4.68 Å². The van der Waals surface area contributed by atoms with Crippen LogP contribution in [0.3, 0.4) is 0 Å². The van der Waals surface area contributed by atoms with Gasteiger partial charge in [-0.25, -0.2) is 9.50 Å². The number of methoxy groups -OCH3 is 1. The van der Waals surface area contributed by atoms with Gasteiger partial charge < -0.3 is 14.4 Å². The summed E-state index contributed by atoms with van der Waals surface area (Å²) < 4.78 is 14.3. The molecule has 5 rings (SSSR count). The molecule has 0 radical (unpaired) electrons. The lowest BCUT2D eigenvalue weighted by Crippen LogP contribution is -2.36. The van der Waals surface area contributed by atoms with Crippen LogP contribution < -0.4 is 9.64 Å². The molecule has 1 saturated heterocycles. The Morgan fingerprint density at radius 1 is 1.13 bits per heavy atom. The predicted molar refractivity (Wildman–Crippen MR) is 114 cm³/mol. The maximum absolute atomic E-state index is 6.27. The van der Waals surface area contributed by atoms with Gasteiger partial charge in [0.2, 0.25) is 0 Å². The van der Waals surface area contributed by atoms with Crippen LogP contribution in [0.2, 0.25) is 5.15 Å². The van der Waals surface area contributed by atoms with E-state index in [1.807, 2.05) is 53.6 Å². The lowest BCUT2D eigenvalue weighted by Gasteiger charge is -2.28. The molecule has 0 N–H and O–H groups in total. The van der Waals surface area contributed by atoms with Gasteiger partial charge in [-0.05, 0) is 17.7 Å². The van der Waals surface area contributed by atoms with Crippen molar-refractivity contribution in [1.29, 1.82) is 0 Å². The molecule has 9 heteroatoms. The minimum absolute atomic E-state index is 0.433. The van der Waals surface area contributed by atoms with Crippen LogP contribution in [-0.2, 0) is 11.3 Å². The number of benzene rings is 1. The minimum Gasteiger partial charge on any atom is -0.497 e. The van der Waals surface area contributed by atoms with E-state index in [0.29, 0.717) is 24.9 Å². The number of morpholine rings is 1. The number of hydrogen-bond acceptors (Lipinski definition) is 6. The van der Waals surface area contributed by atoms with Crippen LogP contribution in [0.1, 0.15) is 5.56 Å². The molecule has 0 amide bonds. The molecular formula is C21H21ClN6O2. The zero-order valence-electron chi connectivity index (χ0n) is 16.5. The Labute approximate surface area is 178 Å². The minimum atomic E-state index is 0.433. The first-order valence-corrected chi connectivity index (χ1v) is 10.1. The number of aromatic nitrogens is 5. The molecule has 0 bridgehead atoms. The second-order valence-corrected chi connectivity index (χ2v) is 7.51. The fourth-order valence-electron chi connectivity index (χ4n) is 3.61. The van der Waals surface area contributed by atoms with Crippen LogP contribution in [-0.4, -0.2) is 57.8 Å². The van der Waals surface area contributed by atoms with E-state index in [-0.39, 0.29) is 0 Å². The summed E-state index contributed by atoms with van der Waals surface area (Å²) in [5.41, 5.74) is 4.62. The van der Waals surface area contributed by atoms with Crippen molar-refractivity contribution in [3.63, 3.8) is 0 Å². The molecule has 0 aliphatic carbocycles. The number of fused-ring (bicyclic) bond motifs is 1. The second-order valence-electron chi connectivity index (χ2n) is 7.12. The zero-order valence-corrected chi connectivity index (χ0v) is 17.3. The van der Waals surface area contributed by atoms with E-state index in [1.54, 1.807) is 11.6 Å². The van der Waals surface area contributed by atoms with Crippen molar-refractivity contribution in [2.45, 2.75) is 6.54 Å². The average molecular weight is 425 g/mol. The monoisotopic (exact) mass is 424 g/mol. The first kappa shape index (κ1) is 18.9. The lowest BCUT2D eigenvalue weighted by molar-refractivity contribution is 0.123. The Kier molecular flexibility index (Phi) is 5.02. The Bertz CT molecular complexity index is 1160. The molecule has 0 unspecified atom stereocenters. The molecule has 1 fully saturated rings. The molecule has 1 aromatic carbocycles. The van der Waals surface area contributed by atoms with Gasteiger partial charge in [-0.15, -0.1) is 0 Å². The molecule has 0 atom stereocenters. The van der Waals surface area contributed by atoms with Crippen LogP contribution in [0.15, 0.2) is 48.9 Å². The number of imidazole rings is 1. The summed E-state index contributed by atoms with van der Waals surface area (Å²) >= 11 is 6.27. The molecule has 8 nitrogen and oxygen atoms in total. The molecule has 30 heavy (non-hydrogen) atoms. The number of anilines is 1. The van der Waals surface area contributed by atoms with Gasteiger partial charge >= 0.3 is 0 Å². The number of rotatable bonds is 5. The highest BCUT2D eigenvalue weighted by Crippen LogP contribution is 2.27. The number of halogens is 1. The van der Waals surface area contributed by atoms with Crippen LogP contribution in [0.4, 0.5) is 5.69 Å². The summed E-state index contributed by atoms with van der Waals surface area (Å²) in [5.74, 6) is 0.840. The van der Waals surface area contributed by atoms with Crippen molar-refractivity contribution in [3.8, 4) is 17.0 Å². The first-order chi connectivity index (χ1) is 14.7. The SMILES string of the molecule is COc1ccc(Cn2cc(-c3cn4nc(Cl)cc(N5CCOCC5)c4n3)cn2)cc1. The lowest BCUT2D eigenvalue weighted by atomic mass is 10.2. The van der Waals surface area contributed by atoms with Gasteiger partial charge in [-0.1, -0.05) is 23.7 Å². The molecule has 3 aromatic heterocycles. The summed E-state index contributed by atoms with van der Waals surface area (Å²) in [6.07, 6.45) is 5.70. The molecule has 1 aliphatic heterocycles. The summed E-state index contributed by atoms with van der Waals surface area (Å²) in [6, 6.07) is 9.83. The molecule has 0 spiro atoms. The Balaban J connectivity index is 1.43. The molecule has 4 aromatic rings. The number of ether oxygens (including phenoxy) is 2. The molecule has 154 valence electrons. The summed E-state index contributed by atoms with van der Waals surface area (Å²) in [4.78, 5) is 7.06. The molecular weight excluding hydrogens is 404 g/mol. The van der Waals surface area contributed by atoms with Crippen molar-refractivity contribution >= 4 is 22.9 Å². The van der Waals surface area contributed by atoms with E-state index in [2.05, 4.69) is 15.1 Å². The van der Waals surface area contributed by atoms with Gasteiger partial charge in [-0.2, -0.15) is 10.2 Å². The molecule has 0 saturated carbocycles. The highest BCUT2D eigenvalue weighted by atomic mass is 35.5. The van der Waals surface area contributed by atoms with Gasteiger partial charge in [0.25, 0.3) is 0 Å². The average Bonchev–Trinajstić information content (AvgIpc) is 3.41. The smallest absolute Gasteiger partial charge is 0.177 e. The van der Waals surface area contributed by atoms with E-state index >= 15 is 0 Å². The van der Waals surface area contributed by atoms with Crippen LogP contribution in [0, 0.1) is 0 Å². The second kappa shape index (κ2) is 7.97. The van der Waals surface area contributed by atoms with E-state index in [0.717, 1.165) is 47.0 Å². The van der Waals surface area contributed by atoms with Crippen molar-refractivity contribution < 1.29 is 9.47 Å². The molecule has 4 heterocycles. The maximum Gasteiger partial charge on any atom is 0.177 e. The predicted octanol–water partition coefficient (Wildman–Crippen LogP) is 3.14. The maximum atomic E-state index is 6.27. The van der Waals surface area contributed by atoms with Crippen molar-refractivity contribution in [2.75, 3.05) is 38.3 Å². The van der Waals surface area contributed by atoms with Gasteiger partial charge in [0.05, 0.1) is 50.6 Å². The number of hydrogen-bond donors (Lipinski definition) is 0. The molecule has 1 aliphatic rings. The third-order valence-electron chi connectivity index (χ3n) is 5.16. The Hall–Kier alpha value is -3.10. The van der Waals surface area contributed by atoms with E-state index in [4.69, 9.17) is 26.1 Å². The summed E-state index contributed by atoms with van der Waals surface area (Å²) in [5, 5.41) is 9.32.